The molecular formula is C51H54ClF3N6O7S3. The Labute approximate surface area is 421 Å². The number of anilines is 4. The van der Waals surface area contributed by atoms with Crippen molar-refractivity contribution in [2.75, 3.05) is 71.4 Å². The number of nitrogens with zero attached hydrogens (tertiary/aromatic N) is 4. The Morgan fingerprint density at radius 2 is 1.42 bits per heavy atom. The van der Waals surface area contributed by atoms with Crippen molar-refractivity contribution in [1.29, 1.82) is 0 Å². The van der Waals surface area contributed by atoms with Gasteiger partial charge in [-0.1, -0.05) is 60.1 Å². The first-order valence-corrected chi connectivity index (χ1v) is 27.3. The minimum Gasteiger partial charge on any atom is -0.478 e. The van der Waals surface area contributed by atoms with E-state index in [4.69, 9.17) is 11.6 Å². The number of thioether (sulfide) groups is 1. The van der Waals surface area contributed by atoms with Crippen molar-refractivity contribution in [1.82, 2.24) is 9.47 Å². The molecule has 4 N–H and O–H groups in total. The van der Waals surface area contributed by atoms with Crippen molar-refractivity contribution in [2.24, 2.45) is 7.05 Å². The van der Waals surface area contributed by atoms with Gasteiger partial charge >= 0.3 is 11.5 Å². The molecule has 20 heteroatoms. The van der Waals surface area contributed by atoms with E-state index in [1.807, 2.05) is 84.4 Å². The van der Waals surface area contributed by atoms with Crippen LogP contribution in [0.25, 0.3) is 22.4 Å². The van der Waals surface area contributed by atoms with Crippen LogP contribution in [0.15, 0.2) is 136 Å². The zero-order valence-electron chi connectivity index (χ0n) is 38.9. The van der Waals surface area contributed by atoms with Gasteiger partial charge in [-0.3, -0.25) is 4.72 Å². The number of carboxylic acid groups (broad SMARTS) is 1. The van der Waals surface area contributed by atoms with Crippen molar-refractivity contribution in [3.05, 3.63) is 138 Å². The quantitative estimate of drug-likeness (QED) is 0.0641. The molecule has 0 spiro atoms. The topological polar surface area (TPSA) is 165 Å². The second-order valence-electron chi connectivity index (χ2n) is 17.7. The fourth-order valence-electron chi connectivity index (χ4n) is 9.11. The normalized spacial score (nSPS) is 15.7. The van der Waals surface area contributed by atoms with Crippen LogP contribution in [0.4, 0.5) is 35.9 Å². The molecule has 6 aromatic rings. The van der Waals surface area contributed by atoms with Crippen LogP contribution in [0.2, 0.25) is 5.02 Å². The molecule has 0 unspecified atom stereocenters. The first-order chi connectivity index (χ1) is 33.8. The number of alkyl halides is 3. The maximum Gasteiger partial charge on any atom is 0.501 e. The molecule has 2 aliphatic rings. The smallest absolute Gasteiger partial charge is 0.478 e. The molecule has 1 atom stereocenters. The first-order valence-electron chi connectivity index (χ1n) is 23.0. The van der Waals surface area contributed by atoms with Gasteiger partial charge in [0.1, 0.15) is 4.90 Å². The lowest BCUT2D eigenvalue weighted by Gasteiger charge is -2.37. The highest BCUT2D eigenvalue weighted by Gasteiger charge is 2.48. The van der Waals surface area contributed by atoms with E-state index < -0.39 is 53.3 Å². The van der Waals surface area contributed by atoms with Gasteiger partial charge in [0.25, 0.3) is 19.9 Å². The van der Waals surface area contributed by atoms with E-state index in [9.17, 15) is 45.0 Å². The molecular weight excluding hydrogens is 997 g/mol. The predicted octanol–water partition coefficient (Wildman–Crippen LogP) is 9.86. The summed E-state index contributed by atoms with van der Waals surface area (Å²) < 4.78 is 101. The van der Waals surface area contributed by atoms with Gasteiger partial charge in [-0.05, 0) is 110 Å². The Balaban J connectivity index is 0.968. The van der Waals surface area contributed by atoms with Gasteiger partial charge in [-0.2, -0.15) is 13.2 Å². The average Bonchev–Trinajstić information content (AvgIpc) is 3.62. The van der Waals surface area contributed by atoms with Crippen LogP contribution in [-0.2, 0) is 26.9 Å². The summed E-state index contributed by atoms with van der Waals surface area (Å²) in [4.78, 5) is 18.1. The van der Waals surface area contributed by atoms with E-state index >= 15 is 0 Å². The number of piperidine rings is 1. The van der Waals surface area contributed by atoms with E-state index in [0.29, 0.717) is 98.7 Å². The second kappa shape index (κ2) is 21.6. The fourth-order valence-corrected chi connectivity index (χ4v) is 12.4. The molecule has 0 aliphatic carbocycles. The van der Waals surface area contributed by atoms with Crippen LogP contribution in [0.1, 0.15) is 35.3 Å². The highest BCUT2D eigenvalue weighted by molar-refractivity contribution is 7.99. The fraction of sp³-hybridized carbons (Fsp3) is 0.314. The number of piperazine rings is 1. The number of sulfone groups is 1. The van der Waals surface area contributed by atoms with Crippen molar-refractivity contribution < 1.29 is 45.0 Å². The lowest BCUT2D eigenvalue weighted by atomic mass is 9.96. The second-order valence-corrected chi connectivity index (χ2v) is 22.8. The Hall–Kier alpha value is -5.70. The van der Waals surface area contributed by atoms with E-state index in [2.05, 4.69) is 24.7 Å². The van der Waals surface area contributed by atoms with Crippen LogP contribution in [0, 0.1) is 6.92 Å². The molecule has 0 amide bonds. The number of hydrogen-bond acceptors (Lipinski definition) is 11. The molecule has 0 saturated carbocycles. The lowest BCUT2D eigenvalue weighted by molar-refractivity contribution is -0.0436. The Morgan fingerprint density at radius 1 is 0.803 bits per heavy atom. The number of hydrogen-bond donors (Lipinski definition) is 4. The number of nitrogens with one attached hydrogen (secondary N) is 2. The Bertz CT molecular complexity index is 3080. The van der Waals surface area contributed by atoms with Crippen molar-refractivity contribution >= 4 is 71.9 Å². The summed E-state index contributed by atoms with van der Waals surface area (Å²) in [5.74, 6) is -0.679. The van der Waals surface area contributed by atoms with Crippen LogP contribution in [0.5, 0.6) is 0 Å². The summed E-state index contributed by atoms with van der Waals surface area (Å²) in [6.07, 6.45) is 1.23. The van der Waals surface area contributed by atoms with Crippen molar-refractivity contribution in [2.45, 2.75) is 58.5 Å². The molecule has 376 valence electrons. The maximum atomic E-state index is 14.3. The molecule has 71 heavy (non-hydrogen) atoms. The molecule has 5 aromatic carbocycles. The highest BCUT2D eigenvalue weighted by Crippen LogP contribution is 2.42. The number of benzene rings is 5. The summed E-state index contributed by atoms with van der Waals surface area (Å²) in [6.45, 7) is 5.89. The molecule has 1 aromatic heterocycles. The number of aromatic nitrogens is 1. The molecule has 2 fully saturated rings. The zero-order chi connectivity index (χ0) is 50.7. The summed E-state index contributed by atoms with van der Waals surface area (Å²) in [6, 6.07) is 33.2. The summed E-state index contributed by atoms with van der Waals surface area (Å²) in [5.41, 5.74) is -0.717. The zero-order valence-corrected chi connectivity index (χ0v) is 42.1. The number of likely N-dealkylation sites (tertiary alicyclic amines) is 1. The highest BCUT2D eigenvalue weighted by atomic mass is 35.5. The van der Waals surface area contributed by atoms with Crippen LogP contribution in [-0.4, -0.2) is 112 Å². The predicted molar refractivity (Wildman–Crippen MR) is 275 cm³/mol. The number of carboxylic acids is 1. The van der Waals surface area contributed by atoms with Gasteiger partial charge in [0.15, 0.2) is 0 Å². The van der Waals surface area contributed by atoms with Gasteiger partial charge in [0.05, 0.1) is 27.9 Å². The van der Waals surface area contributed by atoms with E-state index in [1.54, 1.807) is 25.1 Å². The third-order valence-corrected chi connectivity index (χ3v) is 17.3. The molecule has 2 saturated heterocycles. The van der Waals surface area contributed by atoms with E-state index in [1.165, 1.54) is 23.9 Å². The van der Waals surface area contributed by atoms with E-state index in [0.717, 1.165) is 39.7 Å². The number of halogens is 4. The van der Waals surface area contributed by atoms with Crippen LogP contribution in [0.3, 0.4) is 0 Å². The maximum absolute atomic E-state index is 14.3. The van der Waals surface area contributed by atoms with Gasteiger partial charge in [0.2, 0.25) is 0 Å². The van der Waals surface area contributed by atoms with Crippen LogP contribution >= 0.6 is 23.4 Å². The number of rotatable bonds is 17. The molecule has 13 nitrogen and oxygen atoms in total. The lowest BCUT2D eigenvalue weighted by Crippen LogP contribution is -2.46. The van der Waals surface area contributed by atoms with Crippen molar-refractivity contribution in [3.8, 4) is 22.4 Å². The SMILES string of the molecule is Cc1c(C(=O)O)c(-c2cc(Cl)cc(N3CCN(c4ccc(NS(=O)(=O)c5ccc(N[C@H](CCN6CCC(O)CC6)CSc6ccccc6)c(S(=O)(=O)C(F)(F)F)c5)cc4)CC3)c2)c(-c2ccccc2)n1C. The largest absolute Gasteiger partial charge is 0.501 e. The van der Waals surface area contributed by atoms with Gasteiger partial charge in [-0.15, -0.1) is 11.8 Å². The van der Waals surface area contributed by atoms with Crippen LogP contribution < -0.4 is 19.8 Å². The Kier molecular flexibility index (Phi) is 15.7. The minimum atomic E-state index is -6.03. The summed E-state index contributed by atoms with van der Waals surface area (Å²) in [5, 5.41) is 23.8. The van der Waals surface area contributed by atoms with Gasteiger partial charge < -0.3 is 34.8 Å². The summed E-state index contributed by atoms with van der Waals surface area (Å²) in [7, 11) is -8.78. The Morgan fingerprint density at radius 3 is 2.04 bits per heavy atom. The third kappa shape index (κ3) is 11.8. The molecule has 3 heterocycles. The third-order valence-electron chi connectivity index (χ3n) is 13.0. The first kappa shape index (κ1) is 51.6. The standard InChI is InChI=1S/C51H54ClF3N6O7S3/c1-34-47(50(63)64)48(49(58(34)2)35-9-5-3-6-10-35)36-29-37(52)31-41(30-36)61-27-25-60(26-28-61)40-15-13-38(14-16-40)57-71(67,68)44-17-18-45(46(32-44)70(65,66)51(53,54)55)56-39(33-69-43-11-7-4-8-12-43)19-22-59-23-20-42(62)21-24-59/h3-18,29-32,39,42,56-57,62H,19-28,33H2,1-2H3,(H,63,64)/t39-/m1/s1. The average molecular weight is 1050 g/mol. The summed E-state index contributed by atoms with van der Waals surface area (Å²) >= 11 is 8.18. The minimum absolute atomic E-state index is 0.108. The molecule has 2 aliphatic heterocycles. The number of carbonyl (C=O) groups is 1. The van der Waals surface area contributed by atoms with Gasteiger partial charge in [0, 0.05) is 103 Å². The number of aliphatic hydroxyl groups is 1. The molecule has 8 rings (SSSR count). The molecule has 0 bridgehead atoms. The number of aromatic carboxylic acids is 1. The number of aliphatic hydroxyl groups excluding tert-OH is 1. The van der Waals surface area contributed by atoms with Crippen molar-refractivity contribution in [3.63, 3.8) is 0 Å². The monoisotopic (exact) mass is 1050 g/mol. The number of sulfonamides is 1. The van der Waals surface area contributed by atoms with Gasteiger partial charge in [-0.25, -0.2) is 21.6 Å². The molecule has 0 radical (unpaired) electrons. The van der Waals surface area contributed by atoms with E-state index in [-0.39, 0.29) is 16.9 Å².